The molecule has 1 aromatic heterocycles. The number of halogens is 3. The van der Waals surface area contributed by atoms with Gasteiger partial charge in [0.25, 0.3) is 5.56 Å². The van der Waals surface area contributed by atoms with E-state index >= 15 is 0 Å². The lowest BCUT2D eigenvalue weighted by Gasteiger charge is -2.08. The summed E-state index contributed by atoms with van der Waals surface area (Å²) >= 11 is 16.9. The molecular weight excluding hydrogens is 330 g/mol. The molecule has 2 aromatic rings. The first-order valence-electron chi connectivity index (χ1n) is 4.89. The van der Waals surface area contributed by atoms with Crippen molar-refractivity contribution in [3.63, 3.8) is 0 Å². The van der Waals surface area contributed by atoms with E-state index in [1.54, 1.807) is 6.07 Å². The Morgan fingerprint density at radius 2 is 1.90 bits per heavy atom. The lowest BCUT2D eigenvalue weighted by molar-refractivity contribution is 0.619. The van der Waals surface area contributed by atoms with Crippen LogP contribution >= 0.6 is 35.1 Å². The first-order chi connectivity index (χ1) is 9.47. The molecule has 1 aromatic carbocycles. The van der Waals surface area contributed by atoms with Crippen molar-refractivity contribution >= 4 is 35.1 Å². The van der Waals surface area contributed by atoms with Crippen LogP contribution in [0.5, 0.6) is 5.75 Å². The number of aromatic amines is 1. The Morgan fingerprint density at radius 3 is 2.40 bits per heavy atom. The van der Waals surface area contributed by atoms with Gasteiger partial charge < -0.3 is 4.29 Å². The SMILES string of the molecule is N#Cc1nn(-c2cc(Cl)c(OCl)c(Cl)c2)c(=O)[nH]c1=O. The fourth-order valence-corrected chi connectivity index (χ4v) is 2.19. The molecule has 0 unspecified atom stereocenters. The van der Waals surface area contributed by atoms with Gasteiger partial charge in [-0.15, -0.1) is 5.10 Å². The van der Waals surface area contributed by atoms with E-state index in [-0.39, 0.29) is 21.5 Å². The Labute approximate surface area is 126 Å². The van der Waals surface area contributed by atoms with E-state index < -0.39 is 16.9 Å². The van der Waals surface area contributed by atoms with Gasteiger partial charge in [-0.05, 0) is 12.1 Å². The molecule has 102 valence electrons. The van der Waals surface area contributed by atoms with Gasteiger partial charge in [0.2, 0.25) is 5.69 Å². The molecule has 20 heavy (non-hydrogen) atoms. The standard InChI is InChI=1S/C10H3Cl3N4O3/c11-5-1-4(2-6(12)8(5)20-13)17-10(19)15-9(18)7(3-14)16-17/h1-2H,(H,15,18,19). The van der Waals surface area contributed by atoms with E-state index in [4.69, 9.17) is 40.3 Å². The van der Waals surface area contributed by atoms with E-state index in [0.717, 1.165) is 4.68 Å². The molecule has 1 heterocycles. The smallest absolute Gasteiger partial charge is 0.349 e. The van der Waals surface area contributed by atoms with Gasteiger partial charge in [0, 0.05) is 0 Å². The predicted octanol–water partition coefficient (Wildman–Crippen LogP) is 1.63. The minimum atomic E-state index is -0.883. The van der Waals surface area contributed by atoms with Crippen molar-refractivity contribution in [3.05, 3.63) is 48.7 Å². The van der Waals surface area contributed by atoms with Crippen molar-refractivity contribution < 1.29 is 4.29 Å². The van der Waals surface area contributed by atoms with Crippen molar-refractivity contribution in [1.29, 1.82) is 5.26 Å². The summed E-state index contributed by atoms with van der Waals surface area (Å²) < 4.78 is 5.22. The van der Waals surface area contributed by atoms with Crippen LogP contribution in [0.4, 0.5) is 0 Å². The Bertz CT molecular complexity index is 814. The average Bonchev–Trinajstić information content (AvgIpc) is 2.38. The zero-order valence-electron chi connectivity index (χ0n) is 9.35. The molecule has 0 aliphatic carbocycles. The van der Waals surface area contributed by atoms with Gasteiger partial charge >= 0.3 is 5.69 Å². The molecule has 0 saturated heterocycles. The number of aromatic nitrogens is 3. The van der Waals surface area contributed by atoms with Gasteiger partial charge in [0.15, 0.2) is 5.75 Å². The van der Waals surface area contributed by atoms with Crippen molar-refractivity contribution in [2.45, 2.75) is 0 Å². The second kappa shape index (κ2) is 5.54. The molecule has 0 saturated carbocycles. The molecule has 0 spiro atoms. The van der Waals surface area contributed by atoms with E-state index in [1.165, 1.54) is 12.1 Å². The quantitative estimate of drug-likeness (QED) is 0.900. The van der Waals surface area contributed by atoms with Gasteiger partial charge in [0.1, 0.15) is 17.9 Å². The van der Waals surface area contributed by atoms with Crippen LogP contribution in [0.25, 0.3) is 5.69 Å². The molecule has 0 radical (unpaired) electrons. The summed E-state index contributed by atoms with van der Waals surface area (Å²) in [7, 11) is 0. The van der Waals surface area contributed by atoms with Crippen LogP contribution in [0.2, 0.25) is 10.0 Å². The number of H-pyrrole nitrogens is 1. The normalized spacial score (nSPS) is 10.1. The molecule has 1 N–H and O–H groups in total. The summed E-state index contributed by atoms with van der Waals surface area (Å²) in [5.41, 5.74) is -2.07. The number of hydrogen-bond acceptors (Lipinski definition) is 5. The highest BCUT2D eigenvalue weighted by molar-refractivity contribution is 6.38. The summed E-state index contributed by atoms with van der Waals surface area (Å²) in [5, 5.41) is 12.4. The van der Waals surface area contributed by atoms with Gasteiger partial charge in [-0.25, -0.2) is 4.79 Å². The fourth-order valence-electron chi connectivity index (χ4n) is 1.39. The number of hydrogen-bond donors (Lipinski definition) is 1. The topological polar surface area (TPSA) is 101 Å². The Balaban J connectivity index is 2.73. The third-order valence-electron chi connectivity index (χ3n) is 2.24. The Hall–Kier alpha value is -2.01. The zero-order valence-corrected chi connectivity index (χ0v) is 11.6. The second-order valence-electron chi connectivity index (χ2n) is 3.45. The van der Waals surface area contributed by atoms with Crippen LogP contribution in [0, 0.1) is 11.3 Å². The molecule has 0 aliphatic rings. The summed E-state index contributed by atoms with van der Waals surface area (Å²) in [5.74, 6) is 0.0109. The largest absolute Gasteiger partial charge is 0.382 e. The highest BCUT2D eigenvalue weighted by Crippen LogP contribution is 2.35. The summed E-state index contributed by atoms with van der Waals surface area (Å²) in [4.78, 5) is 24.9. The van der Waals surface area contributed by atoms with Crippen molar-refractivity contribution in [2.75, 3.05) is 0 Å². The van der Waals surface area contributed by atoms with E-state index in [9.17, 15) is 9.59 Å². The molecule has 0 aliphatic heterocycles. The lowest BCUT2D eigenvalue weighted by Crippen LogP contribution is -2.33. The van der Waals surface area contributed by atoms with Gasteiger partial charge in [-0.1, -0.05) is 23.2 Å². The number of nitriles is 1. The molecule has 0 amide bonds. The third-order valence-corrected chi connectivity index (χ3v) is 2.95. The summed E-state index contributed by atoms with van der Waals surface area (Å²) in [6, 6.07) is 4.14. The maximum absolute atomic E-state index is 11.7. The van der Waals surface area contributed by atoms with Crippen molar-refractivity contribution in [2.24, 2.45) is 0 Å². The second-order valence-corrected chi connectivity index (χ2v) is 4.42. The summed E-state index contributed by atoms with van der Waals surface area (Å²) in [6.45, 7) is 0. The van der Waals surface area contributed by atoms with E-state index in [2.05, 4.69) is 9.39 Å². The molecule has 0 fully saturated rings. The first-order valence-corrected chi connectivity index (χ1v) is 5.96. The minimum Gasteiger partial charge on any atom is -0.382 e. The van der Waals surface area contributed by atoms with Gasteiger partial charge in [-0.3, -0.25) is 9.78 Å². The average molecular weight is 334 g/mol. The van der Waals surface area contributed by atoms with Crippen LogP contribution in [0.15, 0.2) is 21.7 Å². The molecule has 2 rings (SSSR count). The van der Waals surface area contributed by atoms with E-state index in [1.807, 2.05) is 4.98 Å². The Morgan fingerprint density at radius 1 is 1.30 bits per heavy atom. The third kappa shape index (κ3) is 2.49. The monoisotopic (exact) mass is 332 g/mol. The van der Waals surface area contributed by atoms with Crippen LogP contribution in [-0.4, -0.2) is 14.8 Å². The number of nitrogens with zero attached hydrogens (tertiary/aromatic N) is 3. The lowest BCUT2D eigenvalue weighted by atomic mass is 10.3. The highest BCUT2D eigenvalue weighted by atomic mass is 35.5. The molecule has 10 heteroatoms. The molecule has 0 atom stereocenters. The maximum Gasteiger partial charge on any atom is 0.349 e. The van der Waals surface area contributed by atoms with Crippen LogP contribution < -0.4 is 15.5 Å². The van der Waals surface area contributed by atoms with Gasteiger partial charge in [-0.2, -0.15) is 9.94 Å². The first kappa shape index (κ1) is 14.4. The molecule has 0 bridgehead atoms. The predicted molar refractivity (Wildman–Crippen MR) is 71.7 cm³/mol. The zero-order chi connectivity index (χ0) is 14.9. The number of nitrogens with one attached hydrogen (secondary N) is 1. The van der Waals surface area contributed by atoms with E-state index in [0.29, 0.717) is 0 Å². The Kier molecular flexibility index (Phi) is 3.99. The van der Waals surface area contributed by atoms with Crippen molar-refractivity contribution in [1.82, 2.24) is 14.8 Å². The van der Waals surface area contributed by atoms with Crippen LogP contribution in [0.1, 0.15) is 5.69 Å². The van der Waals surface area contributed by atoms with Crippen LogP contribution in [0.3, 0.4) is 0 Å². The number of benzene rings is 1. The highest BCUT2D eigenvalue weighted by Gasteiger charge is 2.14. The van der Waals surface area contributed by atoms with Gasteiger partial charge in [0.05, 0.1) is 15.7 Å². The molecular formula is C10H3Cl3N4O3. The minimum absolute atomic E-state index is 0.0109. The maximum atomic E-state index is 11.7. The molecule has 7 nitrogen and oxygen atoms in total. The number of rotatable bonds is 2. The van der Waals surface area contributed by atoms with Crippen molar-refractivity contribution in [3.8, 4) is 17.5 Å². The fraction of sp³-hybridized carbons (Fsp3) is 0. The summed E-state index contributed by atoms with van der Waals surface area (Å²) in [6.07, 6.45) is 0. The van der Waals surface area contributed by atoms with Crippen LogP contribution in [-0.2, 0) is 0 Å².